The summed E-state index contributed by atoms with van der Waals surface area (Å²) in [6.07, 6.45) is 0.530. The number of amides is 2. The average molecular weight is 449 g/mol. The van der Waals surface area contributed by atoms with Crippen LogP contribution >= 0.6 is 11.9 Å². The molecule has 0 N–H and O–H groups in total. The van der Waals surface area contributed by atoms with E-state index < -0.39 is 23.0 Å². The van der Waals surface area contributed by atoms with Gasteiger partial charge in [-0.1, -0.05) is 43.1 Å². The number of nitrogens with zero attached hydrogens (tertiary/aromatic N) is 2. The third-order valence-corrected chi connectivity index (χ3v) is 7.96. The zero-order valence-corrected chi connectivity index (χ0v) is 18.1. The van der Waals surface area contributed by atoms with E-state index in [4.69, 9.17) is 15.0 Å². The molecule has 2 aromatic carbocycles. The topological polar surface area (TPSA) is 92.2 Å². The fraction of sp³-hybridized carbons (Fsp3) is 0.435. The molecular weight excluding hydrogens is 427 g/mol. The maximum Gasteiger partial charge on any atom is 0.240 e. The van der Waals surface area contributed by atoms with Crippen molar-refractivity contribution in [1.82, 2.24) is 0 Å². The van der Waals surface area contributed by atoms with Crippen molar-refractivity contribution in [3.63, 3.8) is 0 Å². The fourth-order valence-electron chi connectivity index (χ4n) is 6.36. The Kier molecular flexibility index (Phi) is 4.07. The van der Waals surface area contributed by atoms with Gasteiger partial charge in [-0.3, -0.25) is 9.59 Å². The highest BCUT2D eigenvalue weighted by Crippen LogP contribution is 2.70. The van der Waals surface area contributed by atoms with E-state index in [9.17, 15) is 14.9 Å². The lowest BCUT2D eigenvalue weighted by Crippen LogP contribution is -2.48. The van der Waals surface area contributed by atoms with Crippen LogP contribution in [0, 0.1) is 23.2 Å². The van der Waals surface area contributed by atoms with Crippen LogP contribution in [0.25, 0.3) is 10.8 Å². The van der Waals surface area contributed by atoms with Gasteiger partial charge in [-0.15, -0.1) is 0 Å². The van der Waals surface area contributed by atoms with Crippen LogP contribution in [0.3, 0.4) is 0 Å². The number of carbonyl (C=O) groups is 2. The molecule has 0 aliphatic carbocycles. The maximum absolute atomic E-state index is 13.9. The van der Waals surface area contributed by atoms with E-state index in [1.165, 1.54) is 4.90 Å². The van der Waals surface area contributed by atoms with E-state index in [0.717, 1.165) is 19.0 Å². The molecule has 6 atom stereocenters. The molecule has 7 nitrogen and oxygen atoms in total. The van der Waals surface area contributed by atoms with Gasteiger partial charge in [0.25, 0.3) is 0 Å². The van der Waals surface area contributed by atoms with E-state index in [1.54, 1.807) is 12.1 Å². The average Bonchev–Trinajstić information content (AvgIpc) is 3.47. The molecule has 4 saturated heterocycles. The van der Waals surface area contributed by atoms with Crippen molar-refractivity contribution in [2.45, 2.75) is 43.2 Å². The number of rotatable bonds is 7. The van der Waals surface area contributed by atoms with Crippen molar-refractivity contribution in [3.8, 4) is 6.07 Å². The van der Waals surface area contributed by atoms with E-state index in [2.05, 4.69) is 6.07 Å². The summed E-state index contributed by atoms with van der Waals surface area (Å²) in [5.41, 5.74) is -0.750. The first-order valence-electron chi connectivity index (χ1n) is 11.3. The number of fused-ring (bicyclic) bond motifs is 9. The first-order valence-corrected chi connectivity index (χ1v) is 11.5. The Morgan fingerprint density at radius 2 is 1.91 bits per heavy atom. The van der Waals surface area contributed by atoms with Gasteiger partial charge in [0.05, 0.1) is 35.8 Å². The van der Waals surface area contributed by atoms with Crippen LogP contribution in [0.5, 0.6) is 0 Å². The van der Waals surface area contributed by atoms with Crippen LogP contribution in [0.15, 0.2) is 36.4 Å². The highest BCUT2D eigenvalue weighted by atomic mass is 32.2. The second-order valence-corrected chi connectivity index (χ2v) is 9.20. The quantitative estimate of drug-likeness (QED) is 0.211. The summed E-state index contributed by atoms with van der Waals surface area (Å²) in [7, 11) is 1.10. The lowest BCUT2D eigenvalue weighted by Gasteiger charge is -2.32. The summed E-state index contributed by atoms with van der Waals surface area (Å²) in [4.78, 5) is 29.1. The first kappa shape index (κ1) is 19.1. The summed E-state index contributed by atoms with van der Waals surface area (Å²) in [6.45, 7) is 2.24. The molecule has 2 unspecified atom stereocenters. The summed E-state index contributed by atoms with van der Waals surface area (Å²) < 4.78 is 25.1. The van der Waals surface area contributed by atoms with Crippen molar-refractivity contribution >= 4 is 47.3 Å². The highest BCUT2D eigenvalue weighted by molar-refractivity contribution is 8.15. The predicted octanol–water partition coefficient (Wildman–Crippen LogP) is 2.39. The number of hydrogen-bond acceptors (Lipinski definition) is 7. The molecular formula is C23H20BN2O5S. The van der Waals surface area contributed by atoms with E-state index >= 15 is 0 Å². The van der Waals surface area contributed by atoms with Crippen molar-refractivity contribution in [1.29, 1.82) is 6.60 Å². The van der Waals surface area contributed by atoms with Gasteiger partial charge in [0.1, 0.15) is 23.4 Å². The fourth-order valence-corrected chi connectivity index (χ4v) is 6.54. The molecule has 32 heavy (non-hydrogen) atoms. The molecule has 0 aromatic heterocycles. The Morgan fingerprint density at radius 3 is 2.62 bits per heavy atom. The van der Waals surface area contributed by atoms with Gasteiger partial charge < -0.3 is 13.7 Å². The third kappa shape index (κ3) is 2.28. The second-order valence-electron chi connectivity index (χ2n) is 8.77. The Balaban J connectivity index is 1.44. The monoisotopic (exact) mass is 449 g/mol. The second kappa shape index (κ2) is 6.81. The van der Waals surface area contributed by atoms with Crippen LogP contribution in [0.4, 0.5) is 5.69 Å². The molecule has 9 heteroatoms. The molecule has 2 aromatic rings. The predicted molar refractivity (Wildman–Crippen MR) is 119 cm³/mol. The summed E-state index contributed by atoms with van der Waals surface area (Å²) in [6, 6.07) is 12.9. The summed E-state index contributed by atoms with van der Waals surface area (Å²) in [5, 5.41) is 10.9. The summed E-state index contributed by atoms with van der Waals surface area (Å²) >= 11 is 0.920. The van der Waals surface area contributed by atoms with E-state index in [-0.39, 0.29) is 30.6 Å². The minimum absolute atomic E-state index is 0.200. The zero-order valence-electron chi connectivity index (χ0n) is 18.3. The Morgan fingerprint density at radius 1 is 1.19 bits per heavy atom. The lowest BCUT2D eigenvalue weighted by atomic mass is 9.66. The van der Waals surface area contributed by atoms with Crippen LogP contribution in [0.1, 0.15) is 25.3 Å². The zero-order chi connectivity index (χ0) is 23.0. The van der Waals surface area contributed by atoms with Crippen molar-refractivity contribution in [3.05, 3.63) is 42.0 Å². The Bertz CT molecular complexity index is 1240. The normalized spacial score (nSPS) is 36.8. The molecule has 4 fully saturated rings. The van der Waals surface area contributed by atoms with E-state index in [1.807, 2.05) is 31.2 Å². The van der Waals surface area contributed by atoms with Crippen LogP contribution in [-0.4, -0.2) is 50.3 Å². The Hall–Kier alpha value is -2.38. The molecule has 2 amide bonds. The molecule has 0 spiro atoms. The molecule has 4 heterocycles. The standard InChI is InChI=1S/C23H20BN2O5S/c1-2-22-16-17(23(31-22,9-10-29-32-24)19-18(22)30-19)21(28)26(20(16)27)15-8-7-12(11-25)13-5-3-4-6-14(13)15/h3-8,16-19,24H,2,9-10H2,1H3/t16-,17+,18-,19+,22?,23?/m0/s1/i24T. The largest absolute Gasteiger partial charge is 0.363 e. The molecule has 4 aliphatic rings. The number of benzene rings is 2. The number of anilines is 1. The number of imide groups is 1. The van der Waals surface area contributed by atoms with Crippen LogP contribution in [-0.2, 0) is 23.2 Å². The maximum atomic E-state index is 13.9. The number of nitriles is 1. The Labute approximate surface area is 191 Å². The molecule has 6 rings (SSSR count). The molecule has 0 saturated carbocycles. The molecule has 1 radical (unpaired) electrons. The van der Waals surface area contributed by atoms with Gasteiger partial charge >= 0.3 is 0 Å². The van der Waals surface area contributed by atoms with Crippen molar-refractivity contribution in [2.24, 2.45) is 11.8 Å². The minimum atomic E-state index is -0.919. The number of ether oxygens (including phenoxy) is 2. The van der Waals surface area contributed by atoms with Crippen LogP contribution < -0.4 is 4.90 Å². The third-order valence-electron chi connectivity index (χ3n) is 7.65. The van der Waals surface area contributed by atoms with Gasteiger partial charge in [-0.05, 0) is 19.9 Å². The van der Waals surface area contributed by atoms with Gasteiger partial charge in [0.2, 0.25) is 18.9 Å². The van der Waals surface area contributed by atoms with Crippen LogP contribution in [0.2, 0.25) is 0 Å². The number of hydrogen-bond donors (Lipinski definition) is 0. The smallest absolute Gasteiger partial charge is 0.240 e. The van der Waals surface area contributed by atoms with Gasteiger partial charge in [0.15, 0.2) is 0 Å². The van der Waals surface area contributed by atoms with Gasteiger partial charge in [-0.25, -0.2) is 4.90 Å². The highest BCUT2D eigenvalue weighted by Gasteiger charge is 2.87. The van der Waals surface area contributed by atoms with Gasteiger partial charge in [0, 0.05) is 17.2 Å². The minimum Gasteiger partial charge on any atom is -0.363 e. The molecule has 161 valence electrons. The molecule has 2 bridgehead atoms. The summed E-state index contributed by atoms with van der Waals surface area (Å²) in [5.74, 6) is -1.84. The van der Waals surface area contributed by atoms with Crippen molar-refractivity contribution < 1.29 is 23.2 Å². The SMILES string of the molecule is [3H][B]SOCCC12OC(CC)([C@@H]3C(=O)N(c4ccc(C#N)c5ccccc45)C(=O)[C@@H]31)[C@H]1O[C@H]12. The number of epoxide rings is 1. The molecule has 4 aliphatic heterocycles. The van der Waals surface area contributed by atoms with Gasteiger partial charge in [-0.2, -0.15) is 5.26 Å². The first-order chi connectivity index (χ1) is 16.0. The number of carbonyl (C=O) groups excluding carboxylic acids is 2. The van der Waals surface area contributed by atoms with Crippen molar-refractivity contribution in [2.75, 3.05) is 11.5 Å². The lowest BCUT2D eigenvalue weighted by molar-refractivity contribution is -0.150. The van der Waals surface area contributed by atoms with E-state index in [0.29, 0.717) is 34.9 Å².